The molecule has 30 heavy (non-hydrogen) atoms. The summed E-state index contributed by atoms with van der Waals surface area (Å²) in [5, 5.41) is 5.77. The molecule has 156 valence electrons. The van der Waals surface area contributed by atoms with Gasteiger partial charge in [0.25, 0.3) is 11.8 Å². The highest BCUT2D eigenvalue weighted by Crippen LogP contribution is 2.25. The van der Waals surface area contributed by atoms with Crippen LogP contribution in [0.25, 0.3) is 11.2 Å². The molecule has 0 aliphatic carbocycles. The van der Waals surface area contributed by atoms with Crippen LogP contribution in [0.5, 0.6) is 0 Å². The molecule has 1 aliphatic rings. The van der Waals surface area contributed by atoms with E-state index in [-0.39, 0.29) is 11.8 Å². The quantitative estimate of drug-likeness (QED) is 0.691. The summed E-state index contributed by atoms with van der Waals surface area (Å²) in [6.45, 7) is 7.11. The topological polar surface area (TPSA) is 88.9 Å². The van der Waals surface area contributed by atoms with Crippen LogP contribution in [0.1, 0.15) is 64.0 Å². The van der Waals surface area contributed by atoms with Crippen LogP contribution in [0.2, 0.25) is 0 Å². The van der Waals surface area contributed by atoms with Crippen molar-refractivity contribution < 1.29 is 9.59 Å². The maximum absolute atomic E-state index is 13.2. The van der Waals surface area contributed by atoms with Gasteiger partial charge in [0, 0.05) is 36.5 Å². The predicted octanol–water partition coefficient (Wildman–Crippen LogP) is 3.78. The van der Waals surface area contributed by atoms with Gasteiger partial charge in [-0.2, -0.15) is 0 Å². The number of imidazole rings is 1. The van der Waals surface area contributed by atoms with Gasteiger partial charge in [0.2, 0.25) is 0 Å². The zero-order valence-electron chi connectivity index (χ0n) is 17.7. The molecule has 2 amide bonds. The minimum Gasteiger partial charge on any atom is -0.352 e. The first-order valence-corrected chi connectivity index (χ1v) is 10.5. The van der Waals surface area contributed by atoms with Crippen molar-refractivity contribution in [3.8, 4) is 0 Å². The number of hydrogen-bond donors (Lipinski definition) is 2. The van der Waals surface area contributed by atoms with Gasteiger partial charge < -0.3 is 15.2 Å². The molecule has 2 aromatic heterocycles. The van der Waals surface area contributed by atoms with E-state index in [1.54, 1.807) is 18.2 Å². The fourth-order valence-corrected chi connectivity index (χ4v) is 3.94. The van der Waals surface area contributed by atoms with E-state index < -0.39 is 0 Å². The number of amides is 2. The number of hydrogen-bond acceptors (Lipinski definition) is 4. The van der Waals surface area contributed by atoms with Gasteiger partial charge in [0.05, 0.1) is 5.56 Å². The molecule has 0 saturated heterocycles. The van der Waals surface area contributed by atoms with Crippen molar-refractivity contribution in [1.82, 2.24) is 19.9 Å². The van der Waals surface area contributed by atoms with Crippen molar-refractivity contribution in [3.63, 3.8) is 0 Å². The number of pyridine rings is 1. The van der Waals surface area contributed by atoms with E-state index in [1.165, 1.54) is 6.42 Å². The van der Waals surface area contributed by atoms with Crippen LogP contribution in [-0.2, 0) is 13.0 Å². The first-order chi connectivity index (χ1) is 14.5. The van der Waals surface area contributed by atoms with Crippen LogP contribution in [0.3, 0.4) is 0 Å². The van der Waals surface area contributed by atoms with E-state index in [1.807, 2.05) is 26.8 Å². The van der Waals surface area contributed by atoms with Crippen molar-refractivity contribution in [3.05, 3.63) is 52.5 Å². The third-order valence-electron chi connectivity index (χ3n) is 5.52. The average molecular weight is 406 g/mol. The maximum atomic E-state index is 13.2. The summed E-state index contributed by atoms with van der Waals surface area (Å²) in [5.74, 6) is 0.604. The smallest absolute Gasteiger partial charge is 0.258 e. The monoisotopic (exact) mass is 405 g/mol. The summed E-state index contributed by atoms with van der Waals surface area (Å²) in [4.78, 5) is 34.9. The van der Waals surface area contributed by atoms with Crippen molar-refractivity contribution in [2.45, 2.75) is 53.0 Å². The summed E-state index contributed by atoms with van der Waals surface area (Å²) in [6, 6.07) is 7.10. The van der Waals surface area contributed by atoms with Gasteiger partial charge >= 0.3 is 0 Å². The molecular formula is C23H27N5O2. The predicted molar refractivity (Wildman–Crippen MR) is 117 cm³/mol. The molecule has 4 rings (SSSR count). The number of carbonyl (C=O) groups excluding carboxylic acids is 2. The molecular weight excluding hydrogens is 378 g/mol. The van der Waals surface area contributed by atoms with Crippen LogP contribution >= 0.6 is 0 Å². The normalized spacial score (nSPS) is 13.6. The summed E-state index contributed by atoms with van der Waals surface area (Å²) < 4.78 is 2.16. The summed E-state index contributed by atoms with van der Waals surface area (Å²) in [6.07, 6.45) is 4.30. The van der Waals surface area contributed by atoms with Crippen LogP contribution < -0.4 is 10.6 Å². The first-order valence-electron chi connectivity index (χ1n) is 10.5. The lowest BCUT2D eigenvalue weighted by Crippen LogP contribution is -2.23. The van der Waals surface area contributed by atoms with E-state index in [0.717, 1.165) is 48.5 Å². The van der Waals surface area contributed by atoms with E-state index in [2.05, 4.69) is 20.2 Å². The molecule has 7 heteroatoms. The highest BCUT2D eigenvalue weighted by atomic mass is 16.2. The number of anilines is 1. The molecule has 2 N–H and O–H groups in total. The van der Waals surface area contributed by atoms with Crippen LogP contribution in [0, 0.1) is 13.8 Å². The van der Waals surface area contributed by atoms with E-state index in [4.69, 9.17) is 4.98 Å². The molecule has 1 aromatic carbocycles. The number of carbonyl (C=O) groups is 2. The second-order valence-corrected chi connectivity index (χ2v) is 7.82. The Balaban J connectivity index is 1.71. The summed E-state index contributed by atoms with van der Waals surface area (Å²) in [5.41, 5.74) is 4.75. The number of benzene rings is 1. The van der Waals surface area contributed by atoms with Crippen LogP contribution in [-0.4, -0.2) is 32.9 Å². The molecule has 0 radical (unpaired) electrons. The lowest BCUT2D eigenvalue weighted by molar-refractivity contribution is 0.0954. The third-order valence-corrected chi connectivity index (χ3v) is 5.52. The first kappa shape index (κ1) is 20.1. The lowest BCUT2D eigenvalue weighted by Gasteiger charge is -2.12. The number of nitrogens with zero attached hydrogens (tertiary/aromatic N) is 3. The molecule has 0 saturated carbocycles. The lowest BCUT2D eigenvalue weighted by atomic mass is 10.1. The number of aryl methyl sites for hydroxylation is 4. The highest BCUT2D eigenvalue weighted by Gasteiger charge is 2.21. The molecule has 7 nitrogen and oxygen atoms in total. The standard InChI is InChI=1S/C23H27N5O2/c1-4-24-22(29)16-10-9-14(2)18(13-16)26-23(30)17-12-15(3)25-21-20(17)27-19-8-6-5-7-11-28(19)21/h9-10,12-13H,4-8,11H2,1-3H3,(H,24,29)(H,26,30). The van der Waals surface area contributed by atoms with Gasteiger partial charge in [-0.1, -0.05) is 12.5 Å². The summed E-state index contributed by atoms with van der Waals surface area (Å²) >= 11 is 0. The maximum Gasteiger partial charge on any atom is 0.258 e. The largest absolute Gasteiger partial charge is 0.352 e. The van der Waals surface area contributed by atoms with Crippen molar-refractivity contribution >= 4 is 28.7 Å². The Bertz CT molecular complexity index is 1130. The fourth-order valence-electron chi connectivity index (χ4n) is 3.94. The molecule has 0 bridgehead atoms. The molecule has 0 unspecified atom stereocenters. The van der Waals surface area contributed by atoms with Crippen molar-refractivity contribution in [2.24, 2.45) is 0 Å². The molecule has 3 heterocycles. The second-order valence-electron chi connectivity index (χ2n) is 7.82. The minimum atomic E-state index is -0.241. The minimum absolute atomic E-state index is 0.159. The Kier molecular flexibility index (Phi) is 5.53. The van der Waals surface area contributed by atoms with Gasteiger partial charge in [0.1, 0.15) is 11.3 Å². The Morgan fingerprint density at radius 3 is 2.70 bits per heavy atom. The average Bonchev–Trinajstić information content (AvgIpc) is 2.90. The van der Waals surface area contributed by atoms with Gasteiger partial charge in [-0.15, -0.1) is 0 Å². The zero-order valence-corrected chi connectivity index (χ0v) is 17.7. The number of fused-ring (bicyclic) bond motifs is 3. The molecule has 1 aliphatic heterocycles. The fraction of sp³-hybridized carbons (Fsp3) is 0.391. The van der Waals surface area contributed by atoms with Gasteiger partial charge in [-0.3, -0.25) is 9.59 Å². The van der Waals surface area contributed by atoms with Gasteiger partial charge in [-0.25, -0.2) is 9.97 Å². The Morgan fingerprint density at radius 1 is 1.07 bits per heavy atom. The van der Waals surface area contributed by atoms with E-state index in [9.17, 15) is 9.59 Å². The van der Waals surface area contributed by atoms with Crippen LogP contribution in [0.4, 0.5) is 5.69 Å². The number of aromatic nitrogens is 3. The van der Waals surface area contributed by atoms with Gasteiger partial charge in [-0.05, 0) is 57.4 Å². The molecule has 3 aromatic rings. The molecule has 0 atom stereocenters. The SMILES string of the molecule is CCNC(=O)c1ccc(C)c(NC(=O)c2cc(C)nc3c2nc2n3CCCCC2)c1. The number of rotatable bonds is 4. The molecule has 0 fully saturated rings. The highest BCUT2D eigenvalue weighted by molar-refractivity contribution is 6.11. The second kappa shape index (κ2) is 8.26. The van der Waals surface area contributed by atoms with Crippen molar-refractivity contribution in [2.75, 3.05) is 11.9 Å². The van der Waals surface area contributed by atoms with Crippen molar-refractivity contribution in [1.29, 1.82) is 0 Å². The Morgan fingerprint density at radius 2 is 1.90 bits per heavy atom. The van der Waals surface area contributed by atoms with Gasteiger partial charge in [0.15, 0.2) is 5.65 Å². The molecule has 0 spiro atoms. The van der Waals surface area contributed by atoms with Crippen LogP contribution in [0.15, 0.2) is 24.3 Å². The van der Waals surface area contributed by atoms with E-state index in [0.29, 0.717) is 28.9 Å². The zero-order chi connectivity index (χ0) is 21.3. The summed E-state index contributed by atoms with van der Waals surface area (Å²) in [7, 11) is 0. The Labute approximate surface area is 175 Å². The van der Waals surface area contributed by atoms with E-state index >= 15 is 0 Å². The Hall–Kier alpha value is -3.22. The third kappa shape index (κ3) is 3.79. The number of nitrogens with one attached hydrogen (secondary N) is 2.